The normalized spacial score (nSPS) is 18.5. The van der Waals surface area contributed by atoms with Crippen molar-refractivity contribution in [2.24, 2.45) is 5.92 Å². The highest BCUT2D eigenvalue weighted by Crippen LogP contribution is 2.31. The van der Waals surface area contributed by atoms with Crippen molar-refractivity contribution in [2.75, 3.05) is 18.0 Å². The molecule has 0 bridgehead atoms. The Morgan fingerprint density at radius 3 is 2.62 bits per heavy atom. The van der Waals surface area contributed by atoms with Gasteiger partial charge >= 0.3 is 0 Å². The van der Waals surface area contributed by atoms with Crippen LogP contribution in [0.4, 0.5) is 10.6 Å². The third kappa shape index (κ3) is 4.53. The van der Waals surface area contributed by atoms with Gasteiger partial charge in [-0.15, -0.1) is 0 Å². The van der Waals surface area contributed by atoms with Gasteiger partial charge in [0.25, 0.3) is 11.1 Å². The SMILES string of the molecule is O=C1NC(=O)C(=Cc2ccc3ncnc(N4CCC(CCc5ccccc5)CC4)c3c2)S1. The Balaban J connectivity index is 1.30. The van der Waals surface area contributed by atoms with E-state index < -0.39 is 0 Å². The third-order valence-electron chi connectivity index (χ3n) is 6.18. The van der Waals surface area contributed by atoms with Gasteiger partial charge in [0.2, 0.25) is 0 Å². The molecule has 6 nitrogen and oxygen atoms in total. The van der Waals surface area contributed by atoms with Crippen LogP contribution in [0.1, 0.15) is 30.4 Å². The third-order valence-corrected chi connectivity index (χ3v) is 6.99. The largest absolute Gasteiger partial charge is 0.356 e. The number of fused-ring (bicyclic) bond motifs is 1. The van der Waals surface area contributed by atoms with E-state index in [1.165, 1.54) is 12.0 Å². The molecule has 0 unspecified atom stereocenters. The first-order valence-electron chi connectivity index (χ1n) is 10.9. The van der Waals surface area contributed by atoms with Gasteiger partial charge in [-0.05, 0) is 72.7 Å². The number of rotatable bonds is 5. The van der Waals surface area contributed by atoms with Gasteiger partial charge < -0.3 is 4.90 Å². The Labute approximate surface area is 191 Å². The average molecular weight is 445 g/mol. The van der Waals surface area contributed by atoms with Gasteiger partial charge in [-0.2, -0.15) is 0 Å². The molecule has 0 spiro atoms. The fourth-order valence-electron chi connectivity index (χ4n) is 4.42. The Bertz CT molecular complexity index is 1190. The van der Waals surface area contributed by atoms with Crippen molar-refractivity contribution in [3.63, 3.8) is 0 Å². The molecule has 1 N–H and O–H groups in total. The van der Waals surface area contributed by atoms with E-state index in [9.17, 15) is 9.59 Å². The van der Waals surface area contributed by atoms with Gasteiger partial charge in [0, 0.05) is 18.5 Å². The van der Waals surface area contributed by atoms with Gasteiger partial charge in [0.1, 0.15) is 12.1 Å². The topological polar surface area (TPSA) is 75.2 Å². The number of anilines is 1. The molecule has 2 amide bonds. The lowest BCUT2D eigenvalue weighted by Crippen LogP contribution is -2.34. The van der Waals surface area contributed by atoms with E-state index in [1.807, 2.05) is 18.2 Å². The minimum absolute atomic E-state index is 0.332. The molecule has 0 saturated carbocycles. The summed E-state index contributed by atoms with van der Waals surface area (Å²) < 4.78 is 0. The molecule has 2 aliphatic rings. The number of thioether (sulfide) groups is 1. The highest BCUT2D eigenvalue weighted by Gasteiger charge is 2.25. The Morgan fingerprint density at radius 2 is 1.88 bits per heavy atom. The predicted octanol–water partition coefficient (Wildman–Crippen LogP) is 4.80. The maximum atomic E-state index is 11.9. The van der Waals surface area contributed by atoms with Crippen LogP contribution >= 0.6 is 11.8 Å². The molecule has 2 aromatic carbocycles. The number of nitrogens with one attached hydrogen (secondary N) is 1. The number of piperidine rings is 1. The Hall–Kier alpha value is -3.19. The van der Waals surface area contributed by atoms with Crippen molar-refractivity contribution < 1.29 is 9.59 Å². The summed E-state index contributed by atoms with van der Waals surface area (Å²) in [7, 11) is 0. The lowest BCUT2D eigenvalue weighted by molar-refractivity contribution is -0.115. The summed E-state index contributed by atoms with van der Waals surface area (Å²) in [5, 5.41) is 2.94. The number of nitrogens with zero attached hydrogens (tertiary/aromatic N) is 3. The number of amides is 2. The molecule has 0 radical (unpaired) electrons. The Kier molecular flexibility index (Phi) is 5.90. The van der Waals surface area contributed by atoms with E-state index in [0.29, 0.717) is 4.91 Å². The van der Waals surface area contributed by atoms with E-state index in [1.54, 1.807) is 12.4 Å². The quantitative estimate of drug-likeness (QED) is 0.570. The van der Waals surface area contributed by atoms with Crippen LogP contribution in [0.5, 0.6) is 0 Å². The molecule has 3 heterocycles. The maximum Gasteiger partial charge on any atom is 0.290 e. The molecular weight excluding hydrogens is 420 g/mol. The van der Waals surface area contributed by atoms with Crippen molar-refractivity contribution in [2.45, 2.75) is 25.7 Å². The fourth-order valence-corrected chi connectivity index (χ4v) is 5.11. The first-order chi connectivity index (χ1) is 15.7. The summed E-state index contributed by atoms with van der Waals surface area (Å²) >= 11 is 0.929. The fraction of sp³-hybridized carbons (Fsp3) is 0.280. The summed E-state index contributed by atoms with van der Waals surface area (Å²) in [5.41, 5.74) is 3.15. The number of hydrogen-bond donors (Lipinski definition) is 1. The van der Waals surface area contributed by atoms with Gasteiger partial charge in [0.15, 0.2) is 0 Å². The second-order valence-electron chi connectivity index (χ2n) is 8.28. The molecule has 2 saturated heterocycles. The van der Waals surface area contributed by atoms with Crippen molar-refractivity contribution in [3.8, 4) is 0 Å². The summed E-state index contributed by atoms with van der Waals surface area (Å²) in [4.78, 5) is 35.1. The maximum absolute atomic E-state index is 11.9. The minimum atomic E-state index is -0.345. The highest BCUT2D eigenvalue weighted by molar-refractivity contribution is 8.18. The zero-order valence-corrected chi connectivity index (χ0v) is 18.5. The van der Waals surface area contributed by atoms with Crippen LogP contribution in [0.15, 0.2) is 59.8 Å². The zero-order valence-electron chi connectivity index (χ0n) is 17.7. The molecular formula is C25H24N4O2S. The number of benzene rings is 2. The van der Waals surface area contributed by atoms with E-state index in [-0.39, 0.29) is 11.1 Å². The number of hydrogen-bond acceptors (Lipinski definition) is 6. The lowest BCUT2D eigenvalue weighted by atomic mass is 9.90. The standard InChI is InChI=1S/C25H24N4O2S/c30-24-22(32-25(31)28-24)15-19-8-9-21-20(14-19)23(27-16-26-21)29-12-10-18(11-13-29)7-6-17-4-2-1-3-5-17/h1-5,8-9,14-16,18H,6-7,10-13H2,(H,28,30,31). The molecule has 1 aromatic heterocycles. The van der Waals surface area contributed by atoms with Crippen molar-refractivity contribution >= 4 is 45.7 Å². The molecule has 0 aliphatic carbocycles. The molecule has 0 atom stereocenters. The van der Waals surface area contributed by atoms with Crippen LogP contribution in [0.2, 0.25) is 0 Å². The number of carbonyl (C=O) groups excluding carboxylic acids is 2. The summed E-state index contributed by atoms with van der Waals surface area (Å²) in [6, 6.07) is 16.6. The Morgan fingerprint density at radius 1 is 1.06 bits per heavy atom. The molecule has 2 fully saturated rings. The molecule has 2 aliphatic heterocycles. The van der Waals surface area contributed by atoms with Gasteiger partial charge in [0.05, 0.1) is 10.4 Å². The zero-order chi connectivity index (χ0) is 21.9. The molecule has 3 aromatic rings. The van der Waals surface area contributed by atoms with E-state index in [4.69, 9.17) is 0 Å². The lowest BCUT2D eigenvalue weighted by Gasteiger charge is -2.33. The van der Waals surface area contributed by atoms with Crippen molar-refractivity contribution in [3.05, 3.63) is 70.9 Å². The van der Waals surface area contributed by atoms with Crippen molar-refractivity contribution in [1.82, 2.24) is 15.3 Å². The van der Waals surface area contributed by atoms with Gasteiger partial charge in [-0.1, -0.05) is 36.4 Å². The number of aryl methyl sites for hydroxylation is 1. The summed E-state index contributed by atoms with van der Waals surface area (Å²) in [6.45, 7) is 1.95. The predicted molar refractivity (Wildman–Crippen MR) is 128 cm³/mol. The number of carbonyl (C=O) groups is 2. The molecule has 5 rings (SSSR count). The summed E-state index contributed by atoms with van der Waals surface area (Å²) in [5.74, 6) is 1.33. The van der Waals surface area contributed by atoms with Crippen LogP contribution in [0.3, 0.4) is 0 Å². The smallest absolute Gasteiger partial charge is 0.290 e. The minimum Gasteiger partial charge on any atom is -0.356 e. The van der Waals surface area contributed by atoms with Crippen LogP contribution in [0.25, 0.3) is 17.0 Å². The number of aromatic nitrogens is 2. The van der Waals surface area contributed by atoms with Crippen LogP contribution in [-0.4, -0.2) is 34.2 Å². The van der Waals surface area contributed by atoms with Crippen molar-refractivity contribution in [1.29, 1.82) is 0 Å². The average Bonchev–Trinajstić information content (AvgIpc) is 3.14. The van der Waals surface area contributed by atoms with E-state index >= 15 is 0 Å². The van der Waals surface area contributed by atoms with E-state index in [2.05, 4.69) is 50.5 Å². The van der Waals surface area contributed by atoms with Crippen LogP contribution in [-0.2, 0) is 11.2 Å². The van der Waals surface area contributed by atoms with Crippen LogP contribution < -0.4 is 10.2 Å². The van der Waals surface area contributed by atoms with Gasteiger partial charge in [-0.3, -0.25) is 14.9 Å². The first-order valence-corrected chi connectivity index (χ1v) is 11.8. The van der Waals surface area contributed by atoms with E-state index in [0.717, 1.165) is 72.3 Å². The molecule has 32 heavy (non-hydrogen) atoms. The van der Waals surface area contributed by atoms with Gasteiger partial charge in [-0.25, -0.2) is 9.97 Å². The monoisotopic (exact) mass is 444 g/mol. The molecule has 7 heteroatoms. The second kappa shape index (κ2) is 9.12. The summed E-state index contributed by atoms with van der Waals surface area (Å²) in [6.07, 6.45) is 8.03. The highest BCUT2D eigenvalue weighted by atomic mass is 32.2. The number of imide groups is 1. The van der Waals surface area contributed by atoms with Crippen LogP contribution in [0, 0.1) is 5.92 Å². The molecule has 162 valence electrons. The second-order valence-corrected chi connectivity index (χ2v) is 9.30. The first kappa shape index (κ1) is 20.7.